The number of rotatable bonds is 4. The molecule has 0 radical (unpaired) electrons. The van der Waals surface area contributed by atoms with Crippen LogP contribution >= 0.6 is 0 Å². The summed E-state index contributed by atoms with van der Waals surface area (Å²) in [5, 5.41) is 3.19. The predicted molar refractivity (Wildman–Crippen MR) is 106 cm³/mol. The van der Waals surface area contributed by atoms with Gasteiger partial charge in [0.2, 0.25) is 5.95 Å². The van der Waals surface area contributed by atoms with Crippen molar-refractivity contribution in [1.82, 2.24) is 14.9 Å². The third-order valence-electron chi connectivity index (χ3n) is 5.23. The average Bonchev–Trinajstić information content (AvgIpc) is 2.72. The molecule has 0 bridgehead atoms. The summed E-state index contributed by atoms with van der Waals surface area (Å²) in [5.74, 6) is 1.82. The molecule has 7 nitrogen and oxygen atoms in total. The summed E-state index contributed by atoms with van der Waals surface area (Å²) in [4.78, 5) is 24.0. The van der Waals surface area contributed by atoms with Gasteiger partial charge in [-0.25, -0.2) is 9.97 Å². The molecule has 4 rings (SSSR count). The summed E-state index contributed by atoms with van der Waals surface area (Å²) >= 11 is 0. The summed E-state index contributed by atoms with van der Waals surface area (Å²) < 4.78 is 11.2. The van der Waals surface area contributed by atoms with Crippen LogP contribution in [0.3, 0.4) is 0 Å². The molecular formula is C21H26N4O3. The molecule has 1 amide bonds. The Balaban J connectivity index is 1.56. The highest BCUT2D eigenvalue weighted by molar-refractivity contribution is 5.93. The standard InChI is InChI=1S/C21H26N4O3/c1-3-16-6-4-5-9-25(16)20(26)17-12-14(2)22-21(24-17)23-15-7-8-18-19(13-15)28-11-10-27-18/h7-8,12-13,16H,3-6,9-11H2,1-2H3,(H,22,23,24). The number of aromatic nitrogens is 2. The molecule has 3 heterocycles. The van der Waals surface area contributed by atoms with Crippen molar-refractivity contribution in [2.75, 3.05) is 25.1 Å². The number of carbonyl (C=O) groups is 1. The van der Waals surface area contributed by atoms with Crippen LogP contribution in [-0.4, -0.2) is 46.6 Å². The first-order chi connectivity index (χ1) is 13.6. The molecule has 1 N–H and O–H groups in total. The molecule has 1 atom stereocenters. The van der Waals surface area contributed by atoms with Crippen molar-refractivity contribution >= 4 is 17.5 Å². The van der Waals surface area contributed by atoms with Gasteiger partial charge in [-0.2, -0.15) is 0 Å². The average molecular weight is 382 g/mol. The zero-order valence-electron chi connectivity index (χ0n) is 16.4. The summed E-state index contributed by atoms with van der Waals surface area (Å²) in [5.41, 5.74) is 1.98. The van der Waals surface area contributed by atoms with Gasteiger partial charge in [-0.15, -0.1) is 0 Å². The predicted octanol–water partition coefficient (Wildman–Crippen LogP) is 3.70. The van der Waals surface area contributed by atoms with E-state index in [-0.39, 0.29) is 5.91 Å². The number of ether oxygens (including phenoxy) is 2. The first-order valence-corrected chi connectivity index (χ1v) is 9.97. The van der Waals surface area contributed by atoms with E-state index >= 15 is 0 Å². The number of nitrogens with one attached hydrogen (secondary N) is 1. The number of hydrogen-bond acceptors (Lipinski definition) is 6. The molecule has 1 fully saturated rings. The number of aryl methyl sites for hydroxylation is 1. The number of likely N-dealkylation sites (tertiary alicyclic amines) is 1. The minimum Gasteiger partial charge on any atom is -0.486 e. The zero-order chi connectivity index (χ0) is 19.5. The van der Waals surface area contributed by atoms with Crippen LogP contribution in [0.5, 0.6) is 11.5 Å². The van der Waals surface area contributed by atoms with Gasteiger partial charge in [0, 0.05) is 30.0 Å². The van der Waals surface area contributed by atoms with E-state index in [0.717, 1.165) is 42.9 Å². The molecule has 28 heavy (non-hydrogen) atoms. The molecule has 7 heteroatoms. The minimum absolute atomic E-state index is 0.0118. The minimum atomic E-state index is -0.0118. The van der Waals surface area contributed by atoms with Gasteiger partial charge in [-0.3, -0.25) is 4.79 Å². The fourth-order valence-electron chi connectivity index (χ4n) is 3.82. The maximum absolute atomic E-state index is 13.1. The van der Waals surface area contributed by atoms with Gasteiger partial charge < -0.3 is 19.7 Å². The number of hydrogen-bond donors (Lipinski definition) is 1. The molecule has 2 aliphatic heterocycles. The summed E-state index contributed by atoms with van der Waals surface area (Å²) in [7, 11) is 0. The first-order valence-electron chi connectivity index (χ1n) is 9.97. The summed E-state index contributed by atoms with van der Waals surface area (Å²) in [6, 6.07) is 7.67. The summed E-state index contributed by atoms with van der Waals surface area (Å²) in [6.45, 7) is 5.90. The second-order valence-corrected chi connectivity index (χ2v) is 7.26. The Kier molecular flexibility index (Phi) is 5.32. The Morgan fingerprint density at radius 2 is 2.00 bits per heavy atom. The van der Waals surface area contributed by atoms with Crippen LogP contribution in [0.15, 0.2) is 24.3 Å². The highest BCUT2D eigenvalue weighted by atomic mass is 16.6. The number of amides is 1. The van der Waals surface area contributed by atoms with Crippen LogP contribution < -0.4 is 14.8 Å². The normalized spacial score (nSPS) is 18.6. The van der Waals surface area contributed by atoms with Crippen LogP contribution in [0.25, 0.3) is 0 Å². The molecular weight excluding hydrogens is 356 g/mol. The van der Waals surface area contributed by atoms with E-state index in [1.807, 2.05) is 30.0 Å². The lowest BCUT2D eigenvalue weighted by molar-refractivity contribution is 0.0602. The third kappa shape index (κ3) is 3.88. The molecule has 0 aliphatic carbocycles. The van der Waals surface area contributed by atoms with Crippen molar-refractivity contribution in [2.24, 2.45) is 0 Å². The Morgan fingerprint density at radius 1 is 1.18 bits per heavy atom. The Bertz CT molecular complexity index is 871. The van der Waals surface area contributed by atoms with Crippen LogP contribution in [0.4, 0.5) is 11.6 Å². The fraction of sp³-hybridized carbons (Fsp3) is 0.476. The van der Waals surface area contributed by atoms with Gasteiger partial charge in [0.1, 0.15) is 18.9 Å². The first kappa shape index (κ1) is 18.5. The maximum Gasteiger partial charge on any atom is 0.272 e. The van der Waals surface area contributed by atoms with Gasteiger partial charge in [-0.05, 0) is 50.8 Å². The monoisotopic (exact) mass is 382 g/mol. The van der Waals surface area contributed by atoms with Gasteiger partial charge >= 0.3 is 0 Å². The Labute approximate surface area is 165 Å². The van der Waals surface area contributed by atoms with Crippen molar-refractivity contribution in [3.63, 3.8) is 0 Å². The molecule has 148 valence electrons. The van der Waals surface area contributed by atoms with Crippen molar-refractivity contribution in [3.8, 4) is 11.5 Å². The van der Waals surface area contributed by atoms with E-state index in [4.69, 9.17) is 9.47 Å². The van der Waals surface area contributed by atoms with Gasteiger partial charge in [0.15, 0.2) is 11.5 Å². The molecule has 1 saturated heterocycles. The highest BCUT2D eigenvalue weighted by Gasteiger charge is 2.27. The largest absolute Gasteiger partial charge is 0.486 e. The van der Waals surface area contributed by atoms with E-state index in [0.29, 0.717) is 36.6 Å². The number of carbonyl (C=O) groups excluding carboxylic acids is 1. The molecule has 1 aromatic carbocycles. The molecule has 2 aromatic rings. The van der Waals surface area contributed by atoms with Crippen molar-refractivity contribution in [3.05, 3.63) is 35.7 Å². The van der Waals surface area contributed by atoms with E-state index in [2.05, 4.69) is 22.2 Å². The molecule has 2 aliphatic rings. The van der Waals surface area contributed by atoms with Crippen molar-refractivity contribution in [2.45, 2.75) is 45.6 Å². The van der Waals surface area contributed by atoms with Crippen molar-refractivity contribution < 1.29 is 14.3 Å². The number of piperidine rings is 1. The number of anilines is 2. The van der Waals surface area contributed by atoms with E-state index in [1.54, 1.807) is 6.07 Å². The second-order valence-electron chi connectivity index (χ2n) is 7.26. The van der Waals surface area contributed by atoms with Crippen LogP contribution in [0.2, 0.25) is 0 Å². The Hall–Kier alpha value is -2.83. The van der Waals surface area contributed by atoms with Gasteiger partial charge in [0.25, 0.3) is 5.91 Å². The summed E-state index contributed by atoms with van der Waals surface area (Å²) in [6.07, 6.45) is 4.27. The van der Waals surface area contributed by atoms with E-state index < -0.39 is 0 Å². The molecule has 0 saturated carbocycles. The van der Waals surface area contributed by atoms with Crippen LogP contribution in [0, 0.1) is 6.92 Å². The maximum atomic E-state index is 13.1. The quantitative estimate of drug-likeness (QED) is 0.869. The van der Waals surface area contributed by atoms with E-state index in [1.165, 1.54) is 6.42 Å². The van der Waals surface area contributed by atoms with Gasteiger partial charge in [-0.1, -0.05) is 6.92 Å². The van der Waals surface area contributed by atoms with E-state index in [9.17, 15) is 4.79 Å². The number of benzene rings is 1. The lowest BCUT2D eigenvalue weighted by Gasteiger charge is -2.35. The fourth-order valence-corrected chi connectivity index (χ4v) is 3.82. The number of nitrogens with zero attached hydrogens (tertiary/aromatic N) is 3. The zero-order valence-corrected chi connectivity index (χ0v) is 16.4. The van der Waals surface area contributed by atoms with Gasteiger partial charge in [0.05, 0.1) is 0 Å². The third-order valence-corrected chi connectivity index (χ3v) is 5.23. The lowest BCUT2D eigenvalue weighted by Crippen LogP contribution is -2.43. The Morgan fingerprint density at radius 3 is 2.82 bits per heavy atom. The van der Waals surface area contributed by atoms with Crippen LogP contribution in [-0.2, 0) is 0 Å². The SMILES string of the molecule is CCC1CCCCN1C(=O)c1cc(C)nc(Nc2ccc3c(c2)OCCO3)n1. The molecule has 0 spiro atoms. The number of fused-ring (bicyclic) bond motifs is 1. The lowest BCUT2D eigenvalue weighted by atomic mass is 9.99. The van der Waals surface area contributed by atoms with Crippen LogP contribution in [0.1, 0.15) is 48.8 Å². The second kappa shape index (κ2) is 8.04. The smallest absolute Gasteiger partial charge is 0.272 e. The molecule has 1 aromatic heterocycles. The van der Waals surface area contributed by atoms with Crippen molar-refractivity contribution in [1.29, 1.82) is 0 Å². The molecule has 1 unspecified atom stereocenters. The topological polar surface area (TPSA) is 76.6 Å². The highest BCUT2D eigenvalue weighted by Crippen LogP contribution is 2.33.